The molecule has 1 aromatic heterocycles. The zero-order valence-corrected chi connectivity index (χ0v) is 11.8. The first-order chi connectivity index (χ1) is 9.24. The van der Waals surface area contributed by atoms with Crippen LogP contribution in [-0.4, -0.2) is 48.4 Å². The first-order valence-corrected chi connectivity index (χ1v) is 7.52. The third-order valence-electron chi connectivity index (χ3n) is 3.59. The summed E-state index contributed by atoms with van der Waals surface area (Å²) < 4.78 is 5.28. The molecule has 0 spiro atoms. The normalized spacial score (nSPS) is 21.5. The van der Waals surface area contributed by atoms with Gasteiger partial charge in [0.15, 0.2) is 5.16 Å². The molecular formula is C12H16N4O2S. The highest BCUT2D eigenvalue weighted by Gasteiger charge is 2.35. The Labute approximate surface area is 115 Å². The summed E-state index contributed by atoms with van der Waals surface area (Å²) in [5.74, 6) is 0.932. The van der Waals surface area contributed by atoms with Crippen molar-refractivity contribution < 1.29 is 9.53 Å². The quantitative estimate of drug-likeness (QED) is 0.642. The van der Waals surface area contributed by atoms with Crippen molar-refractivity contribution in [2.24, 2.45) is 0 Å². The van der Waals surface area contributed by atoms with Crippen molar-refractivity contribution >= 4 is 23.5 Å². The van der Waals surface area contributed by atoms with Crippen LogP contribution in [-0.2, 0) is 0 Å². The zero-order valence-electron chi connectivity index (χ0n) is 11.0. The van der Waals surface area contributed by atoms with E-state index in [0.29, 0.717) is 35.0 Å². The fourth-order valence-electron chi connectivity index (χ4n) is 2.68. The molecule has 1 aromatic rings. The smallest absolute Gasteiger partial charge is 0.260 e. The molecule has 0 unspecified atom stereocenters. The van der Waals surface area contributed by atoms with Gasteiger partial charge >= 0.3 is 0 Å². The Morgan fingerprint density at radius 1 is 1.47 bits per heavy atom. The number of carbonyl (C=O) groups excluding carboxylic acids is 1. The fourth-order valence-corrected chi connectivity index (χ4v) is 3.03. The Morgan fingerprint density at radius 3 is 3.05 bits per heavy atom. The molecule has 102 valence electrons. The van der Waals surface area contributed by atoms with E-state index in [-0.39, 0.29) is 5.91 Å². The van der Waals surface area contributed by atoms with Crippen molar-refractivity contribution in [2.75, 3.05) is 31.4 Å². The third kappa shape index (κ3) is 2.01. The minimum atomic E-state index is -0.145. The number of carbonyl (C=O) groups is 1. The molecule has 0 bridgehead atoms. The second-order valence-electron chi connectivity index (χ2n) is 4.62. The fraction of sp³-hybridized carbons (Fsp3) is 0.583. The Hall–Kier alpha value is -1.50. The summed E-state index contributed by atoms with van der Waals surface area (Å²) >= 11 is 1.45. The van der Waals surface area contributed by atoms with E-state index in [4.69, 9.17) is 4.74 Å². The van der Waals surface area contributed by atoms with Crippen LogP contribution in [0.4, 0.5) is 5.82 Å². The van der Waals surface area contributed by atoms with Gasteiger partial charge in [-0.15, -0.1) is 0 Å². The molecule has 3 heterocycles. The lowest BCUT2D eigenvalue weighted by molar-refractivity contribution is 0.0951. The topological polar surface area (TPSA) is 67.3 Å². The number of ether oxygens (including phenoxy) is 1. The average Bonchev–Trinajstić information content (AvgIpc) is 2.86. The van der Waals surface area contributed by atoms with Crippen LogP contribution in [0.15, 0.2) is 5.16 Å². The van der Waals surface area contributed by atoms with Crippen LogP contribution in [0.2, 0.25) is 0 Å². The van der Waals surface area contributed by atoms with Crippen molar-refractivity contribution in [2.45, 2.75) is 24.0 Å². The number of anilines is 1. The van der Waals surface area contributed by atoms with Crippen LogP contribution in [0.3, 0.4) is 0 Å². The molecule has 0 aromatic carbocycles. The monoisotopic (exact) mass is 280 g/mol. The maximum absolute atomic E-state index is 12.2. The molecule has 1 atom stereocenters. The van der Waals surface area contributed by atoms with E-state index in [2.05, 4.69) is 20.2 Å². The number of rotatable bonds is 2. The van der Waals surface area contributed by atoms with Gasteiger partial charge in [0.25, 0.3) is 5.91 Å². The molecule has 3 rings (SSSR count). The summed E-state index contributed by atoms with van der Waals surface area (Å²) in [4.78, 5) is 23.2. The van der Waals surface area contributed by atoms with Crippen molar-refractivity contribution in [3.8, 4) is 5.88 Å². The molecule has 19 heavy (non-hydrogen) atoms. The highest BCUT2D eigenvalue weighted by molar-refractivity contribution is 7.98. The summed E-state index contributed by atoms with van der Waals surface area (Å²) in [5, 5.41) is 3.57. The molecular weight excluding hydrogens is 264 g/mol. The largest absolute Gasteiger partial charge is 0.480 e. The summed E-state index contributed by atoms with van der Waals surface area (Å²) in [7, 11) is 1.53. The second-order valence-corrected chi connectivity index (χ2v) is 5.39. The lowest BCUT2D eigenvalue weighted by Gasteiger charge is -2.24. The second kappa shape index (κ2) is 4.88. The minimum absolute atomic E-state index is 0.145. The SMILES string of the molecule is COc1nc(SC)nc2c1C(=O)NC[C@@H]1CCCN21. The summed E-state index contributed by atoms with van der Waals surface area (Å²) in [5.41, 5.74) is 0.463. The van der Waals surface area contributed by atoms with E-state index in [1.165, 1.54) is 18.9 Å². The lowest BCUT2D eigenvalue weighted by atomic mass is 10.2. The van der Waals surface area contributed by atoms with E-state index >= 15 is 0 Å². The molecule has 1 fully saturated rings. The van der Waals surface area contributed by atoms with Gasteiger partial charge in [-0.3, -0.25) is 4.79 Å². The van der Waals surface area contributed by atoms with Gasteiger partial charge in [0, 0.05) is 19.1 Å². The Balaban J connectivity index is 2.18. The van der Waals surface area contributed by atoms with E-state index in [1.54, 1.807) is 0 Å². The van der Waals surface area contributed by atoms with Crippen molar-refractivity contribution in [1.82, 2.24) is 15.3 Å². The molecule has 0 aliphatic carbocycles. The average molecular weight is 280 g/mol. The van der Waals surface area contributed by atoms with Crippen LogP contribution < -0.4 is 15.0 Å². The minimum Gasteiger partial charge on any atom is -0.480 e. The van der Waals surface area contributed by atoms with Gasteiger partial charge in [0.2, 0.25) is 5.88 Å². The third-order valence-corrected chi connectivity index (χ3v) is 4.13. The highest BCUT2D eigenvalue weighted by Crippen LogP contribution is 2.34. The van der Waals surface area contributed by atoms with Crippen LogP contribution in [0.5, 0.6) is 5.88 Å². The van der Waals surface area contributed by atoms with Gasteiger partial charge in [0.1, 0.15) is 11.4 Å². The first kappa shape index (κ1) is 12.5. The number of aromatic nitrogens is 2. The molecule has 7 heteroatoms. The van der Waals surface area contributed by atoms with Gasteiger partial charge < -0.3 is 15.0 Å². The predicted octanol–water partition coefficient (Wildman–Crippen LogP) is 0.919. The first-order valence-electron chi connectivity index (χ1n) is 6.29. The van der Waals surface area contributed by atoms with Crippen LogP contribution in [0, 0.1) is 0 Å². The number of hydrogen-bond acceptors (Lipinski definition) is 6. The van der Waals surface area contributed by atoms with Gasteiger partial charge in [-0.25, -0.2) is 4.98 Å². The predicted molar refractivity (Wildman–Crippen MR) is 73.1 cm³/mol. The number of fused-ring (bicyclic) bond motifs is 3. The van der Waals surface area contributed by atoms with Crippen molar-refractivity contribution in [3.63, 3.8) is 0 Å². The summed E-state index contributed by atoms with van der Waals surface area (Å²) in [6, 6.07) is 0.333. The zero-order chi connectivity index (χ0) is 13.4. The van der Waals surface area contributed by atoms with Gasteiger partial charge in [0.05, 0.1) is 7.11 Å². The summed E-state index contributed by atoms with van der Waals surface area (Å²) in [6.07, 6.45) is 4.13. The Kier molecular flexibility index (Phi) is 3.22. The van der Waals surface area contributed by atoms with Crippen molar-refractivity contribution in [3.05, 3.63) is 5.56 Å². The number of methoxy groups -OCH3 is 1. The molecule has 0 radical (unpaired) electrons. The van der Waals surface area contributed by atoms with E-state index in [1.807, 2.05) is 6.26 Å². The van der Waals surface area contributed by atoms with Crippen LogP contribution >= 0.6 is 11.8 Å². The maximum atomic E-state index is 12.2. The lowest BCUT2D eigenvalue weighted by Crippen LogP contribution is -2.36. The number of nitrogens with zero attached hydrogens (tertiary/aromatic N) is 3. The molecule has 1 saturated heterocycles. The number of amides is 1. The van der Waals surface area contributed by atoms with Crippen LogP contribution in [0.1, 0.15) is 23.2 Å². The Bertz CT molecular complexity index is 523. The van der Waals surface area contributed by atoms with Crippen LogP contribution in [0.25, 0.3) is 0 Å². The molecule has 6 nitrogen and oxygen atoms in total. The molecule has 1 N–H and O–H groups in total. The number of thioether (sulfide) groups is 1. The molecule has 0 saturated carbocycles. The highest BCUT2D eigenvalue weighted by atomic mass is 32.2. The molecule has 1 amide bonds. The van der Waals surface area contributed by atoms with Gasteiger partial charge in [-0.2, -0.15) is 4.98 Å². The standard InChI is InChI=1S/C12H16N4O2S/c1-18-11-8-9(14-12(15-11)19-2)16-5-3-4-7(16)6-13-10(8)17/h7H,3-6H2,1-2H3,(H,13,17)/t7-/m0/s1. The van der Waals surface area contributed by atoms with Gasteiger partial charge in [-0.05, 0) is 19.1 Å². The number of nitrogens with one attached hydrogen (secondary N) is 1. The molecule has 2 aliphatic heterocycles. The van der Waals surface area contributed by atoms with Gasteiger partial charge in [-0.1, -0.05) is 11.8 Å². The number of hydrogen-bond donors (Lipinski definition) is 1. The van der Waals surface area contributed by atoms with E-state index in [0.717, 1.165) is 19.4 Å². The van der Waals surface area contributed by atoms with E-state index in [9.17, 15) is 4.79 Å². The summed E-state index contributed by atoms with van der Waals surface area (Å²) in [6.45, 7) is 1.59. The maximum Gasteiger partial charge on any atom is 0.260 e. The molecule has 2 aliphatic rings. The van der Waals surface area contributed by atoms with E-state index < -0.39 is 0 Å². The Morgan fingerprint density at radius 2 is 2.32 bits per heavy atom. The van der Waals surface area contributed by atoms with Crippen molar-refractivity contribution in [1.29, 1.82) is 0 Å².